The Kier molecular flexibility index (Phi) is 8.47. The van der Waals surface area contributed by atoms with Gasteiger partial charge in [-0.25, -0.2) is 0 Å². The third-order valence-corrected chi connectivity index (χ3v) is 3.54. The highest BCUT2D eigenvalue weighted by Crippen LogP contribution is 2.02. The summed E-state index contributed by atoms with van der Waals surface area (Å²) in [4.78, 5) is 2.49. The van der Waals surface area contributed by atoms with E-state index in [-0.39, 0.29) is 0 Å². The van der Waals surface area contributed by atoms with Crippen LogP contribution >= 0.6 is 0 Å². The van der Waals surface area contributed by atoms with Gasteiger partial charge in [-0.2, -0.15) is 0 Å². The van der Waals surface area contributed by atoms with E-state index >= 15 is 0 Å². The highest BCUT2D eigenvalue weighted by molar-refractivity contribution is 5.14. The third-order valence-electron chi connectivity index (χ3n) is 3.54. The maximum atomic E-state index is 5.18. The molecule has 1 aromatic rings. The Hall–Kier alpha value is -0.900. The molecule has 3 heteroatoms. The van der Waals surface area contributed by atoms with E-state index in [9.17, 15) is 0 Å². The van der Waals surface area contributed by atoms with Crippen molar-refractivity contribution in [2.75, 3.05) is 33.4 Å². The lowest BCUT2D eigenvalue weighted by Gasteiger charge is -2.28. The van der Waals surface area contributed by atoms with Crippen LogP contribution in [0.25, 0.3) is 0 Å². The van der Waals surface area contributed by atoms with Crippen molar-refractivity contribution in [3.05, 3.63) is 35.9 Å². The number of benzene rings is 1. The lowest BCUT2D eigenvalue weighted by atomic mass is 10.2. The zero-order valence-electron chi connectivity index (χ0n) is 12.6. The zero-order valence-corrected chi connectivity index (χ0v) is 12.6. The minimum Gasteiger partial charge on any atom is -0.383 e. The molecule has 1 aromatic carbocycles. The maximum Gasteiger partial charge on any atom is 0.0589 e. The van der Waals surface area contributed by atoms with Crippen molar-refractivity contribution in [1.29, 1.82) is 0 Å². The Balaban J connectivity index is 2.23. The lowest BCUT2D eigenvalue weighted by molar-refractivity contribution is 0.123. The molecule has 108 valence electrons. The summed E-state index contributed by atoms with van der Waals surface area (Å²) in [7, 11) is 1.77. The molecule has 0 bridgehead atoms. The van der Waals surface area contributed by atoms with Crippen LogP contribution in [-0.4, -0.2) is 44.3 Å². The van der Waals surface area contributed by atoms with Gasteiger partial charge in [-0.05, 0) is 18.9 Å². The highest BCUT2D eigenvalue weighted by Gasteiger charge is 2.10. The van der Waals surface area contributed by atoms with Crippen LogP contribution in [0.5, 0.6) is 0 Å². The Morgan fingerprint density at radius 3 is 2.58 bits per heavy atom. The van der Waals surface area contributed by atoms with Crippen LogP contribution in [0.15, 0.2) is 30.3 Å². The Bertz CT molecular complexity index is 316. The van der Waals surface area contributed by atoms with Crippen molar-refractivity contribution in [2.45, 2.75) is 32.9 Å². The predicted octanol–water partition coefficient (Wildman–Crippen LogP) is 2.52. The van der Waals surface area contributed by atoms with Crippen LogP contribution in [0, 0.1) is 0 Å². The first kappa shape index (κ1) is 16.2. The summed E-state index contributed by atoms with van der Waals surface area (Å²) in [6.07, 6.45) is 1.18. The molecule has 1 N–H and O–H groups in total. The molecule has 0 aliphatic carbocycles. The summed E-state index contributed by atoms with van der Waals surface area (Å²) in [6.45, 7) is 9.38. The van der Waals surface area contributed by atoms with E-state index in [0.29, 0.717) is 6.04 Å². The van der Waals surface area contributed by atoms with Gasteiger partial charge in [-0.15, -0.1) is 0 Å². The van der Waals surface area contributed by atoms with E-state index in [1.165, 1.54) is 12.0 Å². The van der Waals surface area contributed by atoms with Gasteiger partial charge in [0.2, 0.25) is 0 Å². The quantitative estimate of drug-likeness (QED) is 0.657. The van der Waals surface area contributed by atoms with Gasteiger partial charge in [0, 0.05) is 39.3 Å². The van der Waals surface area contributed by atoms with E-state index in [1.54, 1.807) is 7.11 Å². The van der Waals surface area contributed by atoms with E-state index in [0.717, 1.165) is 32.8 Å². The molecule has 0 amide bonds. The van der Waals surface area contributed by atoms with Crippen molar-refractivity contribution in [3.8, 4) is 0 Å². The Morgan fingerprint density at radius 2 is 1.95 bits per heavy atom. The molecule has 0 aliphatic heterocycles. The molecule has 0 saturated carbocycles. The van der Waals surface area contributed by atoms with Gasteiger partial charge < -0.3 is 10.1 Å². The fourth-order valence-corrected chi connectivity index (χ4v) is 2.07. The number of hydrogen-bond donors (Lipinski definition) is 1. The molecule has 3 nitrogen and oxygen atoms in total. The molecule has 1 unspecified atom stereocenters. The second-order valence-electron chi connectivity index (χ2n) is 4.95. The third kappa shape index (κ3) is 6.71. The maximum absolute atomic E-state index is 5.18. The molecule has 1 atom stereocenters. The SMILES string of the molecule is CCC(C)N(CCNCc1ccccc1)CCOC. The van der Waals surface area contributed by atoms with E-state index in [2.05, 4.69) is 54.4 Å². The summed E-state index contributed by atoms with van der Waals surface area (Å²) < 4.78 is 5.18. The molecule has 0 aromatic heterocycles. The molecule has 0 aliphatic rings. The smallest absolute Gasteiger partial charge is 0.0589 e. The summed E-state index contributed by atoms with van der Waals surface area (Å²) in [5.74, 6) is 0. The zero-order chi connectivity index (χ0) is 13.9. The van der Waals surface area contributed by atoms with Crippen LogP contribution in [0.3, 0.4) is 0 Å². The number of rotatable bonds is 10. The van der Waals surface area contributed by atoms with Gasteiger partial charge in [0.15, 0.2) is 0 Å². The van der Waals surface area contributed by atoms with Crippen molar-refractivity contribution >= 4 is 0 Å². The second kappa shape index (κ2) is 9.96. The van der Waals surface area contributed by atoms with Crippen LogP contribution in [0.2, 0.25) is 0 Å². The van der Waals surface area contributed by atoms with Crippen LogP contribution < -0.4 is 5.32 Å². The highest BCUT2D eigenvalue weighted by atomic mass is 16.5. The fraction of sp³-hybridized carbons (Fsp3) is 0.625. The number of nitrogens with one attached hydrogen (secondary N) is 1. The largest absolute Gasteiger partial charge is 0.383 e. The molecule has 0 spiro atoms. The van der Waals surface area contributed by atoms with Crippen LogP contribution in [0.1, 0.15) is 25.8 Å². The first-order valence-corrected chi connectivity index (χ1v) is 7.25. The van der Waals surface area contributed by atoms with Crippen LogP contribution in [0.4, 0.5) is 0 Å². The van der Waals surface area contributed by atoms with E-state index in [4.69, 9.17) is 4.74 Å². The van der Waals surface area contributed by atoms with Gasteiger partial charge in [-0.1, -0.05) is 37.3 Å². The van der Waals surface area contributed by atoms with Crippen LogP contribution in [-0.2, 0) is 11.3 Å². The van der Waals surface area contributed by atoms with E-state index < -0.39 is 0 Å². The molecule has 19 heavy (non-hydrogen) atoms. The molecule has 0 radical (unpaired) electrons. The molecular formula is C16H28N2O. The Labute approximate surface area is 118 Å². The summed E-state index contributed by atoms with van der Waals surface area (Å²) in [6, 6.07) is 11.2. The van der Waals surface area contributed by atoms with Crippen molar-refractivity contribution in [3.63, 3.8) is 0 Å². The van der Waals surface area contributed by atoms with Crippen molar-refractivity contribution < 1.29 is 4.74 Å². The average molecular weight is 264 g/mol. The van der Waals surface area contributed by atoms with Crippen molar-refractivity contribution in [1.82, 2.24) is 10.2 Å². The van der Waals surface area contributed by atoms with Gasteiger partial charge in [0.25, 0.3) is 0 Å². The number of ether oxygens (including phenoxy) is 1. The monoisotopic (exact) mass is 264 g/mol. The van der Waals surface area contributed by atoms with E-state index in [1.807, 2.05) is 0 Å². The molecule has 0 heterocycles. The fourth-order valence-electron chi connectivity index (χ4n) is 2.07. The lowest BCUT2D eigenvalue weighted by Crippen LogP contribution is -2.40. The molecule has 1 rings (SSSR count). The topological polar surface area (TPSA) is 24.5 Å². The average Bonchev–Trinajstić information content (AvgIpc) is 2.47. The number of nitrogens with zero attached hydrogens (tertiary/aromatic N) is 1. The molecular weight excluding hydrogens is 236 g/mol. The first-order chi connectivity index (χ1) is 9.27. The summed E-state index contributed by atoms with van der Waals surface area (Å²) in [5, 5.41) is 3.51. The number of methoxy groups -OCH3 is 1. The summed E-state index contributed by atoms with van der Waals surface area (Å²) >= 11 is 0. The van der Waals surface area contributed by atoms with Crippen molar-refractivity contribution in [2.24, 2.45) is 0 Å². The predicted molar refractivity (Wildman–Crippen MR) is 81.4 cm³/mol. The van der Waals surface area contributed by atoms with Gasteiger partial charge in [0.05, 0.1) is 6.61 Å². The standard InChI is InChI=1S/C16H28N2O/c1-4-15(2)18(12-13-19-3)11-10-17-14-16-8-6-5-7-9-16/h5-9,15,17H,4,10-14H2,1-3H3. The Morgan fingerprint density at radius 1 is 1.21 bits per heavy atom. The first-order valence-electron chi connectivity index (χ1n) is 7.25. The number of hydrogen-bond acceptors (Lipinski definition) is 3. The minimum atomic E-state index is 0.619. The van der Waals surface area contributed by atoms with Gasteiger partial charge in [0.1, 0.15) is 0 Å². The summed E-state index contributed by atoms with van der Waals surface area (Å²) in [5.41, 5.74) is 1.34. The van der Waals surface area contributed by atoms with Gasteiger partial charge >= 0.3 is 0 Å². The van der Waals surface area contributed by atoms with Gasteiger partial charge in [-0.3, -0.25) is 4.90 Å². The molecule has 0 fully saturated rings. The second-order valence-corrected chi connectivity index (χ2v) is 4.95. The normalized spacial score (nSPS) is 12.8. The molecule has 0 saturated heterocycles. The minimum absolute atomic E-state index is 0.619.